The summed E-state index contributed by atoms with van der Waals surface area (Å²) in [5.41, 5.74) is 0.691. The highest BCUT2D eigenvalue weighted by atomic mass is 35.5. The summed E-state index contributed by atoms with van der Waals surface area (Å²) in [5, 5.41) is 3.25. The van der Waals surface area contributed by atoms with Crippen LogP contribution >= 0.6 is 24.8 Å². The van der Waals surface area contributed by atoms with Crippen LogP contribution in [0.15, 0.2) is 18.2 Å². The molecule has 0 spiro atoms. The molecule has 24 heavy (non-hydrogen) atoms. The second kappa shape index (κ2) is 10.3. The van der Waals surface area contributed by atoms with Crippen LogP contribution in [0.4, 0.5) is 17.6 Å². The number of benzene rings is 1. The third-order valence-corrected chi connectivity index (χ3v) is 3.72. The molecule has 1 aromatic rings. The number of ether oxygens (including phenoxy) is 1. The lowest BCUT2D eigenvalue weighted by Crippen LogP contribution is -2.45. The van der Waals surface area contributed by atoms with Gasteiger partial charge in [0.1, 0.15) is 0 Å². The quantitative estimate of drug-likeness (QED) is 0.755. The van der Waals surface area contributed by atoms with E-state index in [0.717, 1.165) is 51.2 Å². The molecule has 3 nitrogen and oxygen atoms in total. The van der Waals surface area contributed by atoms with Crippen molar-refractivity contribution < 1.29 is 22.3 Å². The van der Waals surface area contributed by atoms with E-state index >= 15 is 0 Å². The number of nitrogens with one attached hydrogen (secondary N) is 1. The van der Waals surface area contributed by atoms with Crippen molar-refractivity contribution in [3.63, 3.8) is 0 Å². The highest BCUT2D eigenvalue weighted by molar-refractivity contribution is 5.85. The molecule has 140 valence electrons. The summed E-state index contributed by atoms with van der Waals surface area (Å²) in [7, 11) is 0. The van der Waals surface area contributed by atoms with Crippen molar-refractivity contribution in [1.82, 2.24) is 10.2 Å². The fourth-order valence-corrected chi connectivity index (χ4v) is 2.76. The van der Waals surface area contributed by atoms with E-state index < -0.39 is 17.9 Å². The Morgan fingerprint density at radius 2 is 1.83 bits per heavy atom. The largest absolute Gasteiger partial charge is 0.573 e. The van der Waals surface area contributed by atoms with Crippen LogP contribution in [-0.4, -0.2) is 37.4 Å². The Balaban J connectivity index is 0.00000264. The van der Waals surface area contributed by atoms with Gasteiger partial charge in [0.15, 0.2) is 11.6 Å². The molecule has 1 atom stereocenters. The van der Waals surface area contributed by atoms with E-state index in [0.29, 0.717) is 5.56 Å². The van der Waals surface area contributed by atoms with Crippen LogP contribution in [0, 0.1) is 5.82 Å². The topological polar surface area (TPSA) is 24.5 Å². The molecule has 1 aromatic carbocycles. The van der Waals surface area contributed by atoms with Gasteiger partial charge in [0.05, 0.1) is 0 Å². The molecule has 0 aromatic heterocycles. The van der Waals surface area contributed by atoms with Crippen LogP contribution in [0.5, 0.6) is 5.75 Å². The van der Waals surface area contributed by atoms with E-state index in [1.807, 2.05) is 6.92 Å². The van der Waals surface area contributed by atoms with Gasteiger partial charge in [0, 0.05) is 32.2 Å². The SMILES string of the molecule is CCC[C@@H](c1ccc(OC(F)(F)F)c(F)c1)N1CCNCC1.Cl.Cl. The van der Waals surface area contributed by atoms with Crippen LogP contribution in [0.3, 0.4) is 0 Å². The summed E-state index contributed by atoms with van der Waals surface area (Å²) < 4.78 is 54.1. The Morgan fingerprint density at radius 1 is 1.21 bits per heavy atom. The van der Waals surface area contributed by atoms with Crippen molar-refractivity contribution in [1.29, 1.82) is 0 Å². The van der Waals surface area contributed by atoms with E-state index in [1.54, 1.807) is 0 Å². The van der Waals surface area contributed by atoms with Crippen molar-refractivity contribution in [2.24, 2.45) is 0 Å². The number of hydrogen-bond donors (Lipinski definition) is 1. The normalized spacial score (nSPS) is 16.7. The van der Waals surface area contributed by atoms with Crippen LogP contribution in [0.1, 0.15) is 31.4 Å². The van der Waals surface area contributed by atoms with Gasteiger partial charge >= 0.3 is 6.36 Å². The van der Waals surface area contributed by atoms with Gasteiger partial charge in [-0.3, -0.25) is 4.90 Å². The molecular weight excluding hydrogens is 371 g/mol. The van der Waals surface area contributed by atoms with E-state index in [-0.39, 0.29) is 30.9 Å². The van der Waals surface area contributed by atoms with Crippen molar-refractivity contribution >= 4 is 24.8 Å². The van der Waals surface area contributed by atoms with Crippen LogP contribution in [0.2, 0.25) is 0 Å². The zero-order chi connectivity index (χ0) is 16.2. The Morgan fingerprint density at radius 3 is 2.33 bits per heavy atom. The van der Waals surface area contributed by atoms with Gasteiger partial charge in [-0.25, -0.2) is 4.39 Å². The van der Waals surface area contributed by atoms with Crippen molar-refractivity contribution in [3.8, 4) is 5.75 Å². The van der Waals surface area contributed by atoms with Crippen molar-refractivity contribution in [2.45, 2.75) is 32.2 Å². The Bertz CT molecular complexity index is 497. The van der Waals surface area contributed by atoms with Crippen LogP contribution < -0.4 is 10.1 Å². The maximum Gasteiger partial charge on any atom is 0.573 e. The summed E-state index contributed by atoms with van der Waals surface area (Å²) in [6, 6.07) is 3.75. The number of piperazine rings is 1. The standard InChI is InChI=1S/C15H20F4N2O.2ClH/c1-2-3-13(21-8-6-20-7-9-21)11-4-5-14(12(16)10-11)22-15(17,18)19;;/h4-5,10,13,20H,2-3,6-9H2,1H3;2*1H/t13-;;/m0../s1. The Labute approximate surface area is 151 Å². The Hall–Kier alpha value is -0.760. The molecule has 1 saturated heterocycles. The first-order chi connectivity index (χ1) is 10.4. The molecular formula is C15H22Cl2F4N2O. The number of halogens is 6. The molecule has 0 saturated carbocycles. The van der Waals surface area contributed by atoms with Gasteiger partial charge in [-0.1, -0.05) is 19.4 Å². The van der Waals surface area contributed by atoms with Gasteiger partial charge in [-0.15, -0.1) is 38.0 Å². The Kier molecular flexibility index (Phi) is 9.96. The molecule has 2 rings (SSSR count). The molecule has 0 unspecified atom stereocenters. The molecule has 1 aliphatic rings. The summed E-state index contributed by atoms with van der Waals surface area (Å²) in [4.78, 5) is 2.24. The van der Waals surface area contributed by atoms with Gasteiger partial charge in [0.25, 0.3) is 0 Å². The third-order valence-electron chi connectivity index (χ3n) is 3.72. The molecule has 1 heterocycles. The lowest BCUT2D eigenvalue weighted by Gasteiger charge is -2.35. The summed E-state index contributed by atoms with van der Waals surface area (Å²) in [6.45, 7) is 5.43. The zero-order valence-electron chi connectivity index (χ0n) is 13.2. The monoisotopic (exact) mass is 392 g/mol. The average molecular weight is 393 g/mol. The first-order valence-corrected chi connectivity index (χ1v) is 7.40. The summed E-state index contributed by atoms with van der Waals surface area (Å²) >= 11 is 0. The first kappa shape index (κ1) is 23.2. The predicted molar refractivity (Wildman–Crippen MR) is 89.7 cm³/mol. The fourth-order valence-electron chi connectivity index (χ4n) is 2.76. The minimum Gasteiger partial charge on any atom is -0.403 e. The second-order valence-corrected chi connectivity index (χ2v) is 5.33. The lowest BCUT2D eigenvalue weighted by molar-refractivity contribution is -0.275. The minimum atomic E-state index is -4.89. The average Bonchev–Trinajstić information content (AvgIpc) is 2.47. The molecule has 9 heteroatoms. The second-order valence-electron chi connectivity index (χ2n) is 5.33. The number of hydrogen-bond acceptors (Lipinski definition) is 3. The molecule has 1 aliphatic heterocycles. The fraction of sp³-hybridized carbons (Fsp3) is 0.600. The molecule has 0 aliphatic carbocycles. The summed E-state index contributed by atoms with van der Waals surface area (Å²) in [6.07, 6.45) is -3.14. The van der Waals surface area contributed by atoms with Gasteiger partial charge < -0.3 is 10.1 Å². The molecule has 0 radical (unpaired) electrons. The zero-order valence-corrected chi connectivity index (χ0v) is 14.9. The van der Waals surface area contributed by atoms with Crippen molar-refractivity contribution in [3.05, 3.63) is 29.6 Å². The van der Waals surface area contributed by atoms with E-state index in [4.69, 9.17) is 0 Å². The number of nitrogens with zero attached hydrogens (tertiary/aromatic N) is 1. The molecule has 1 N–H and O–H groups in total. The van der Waals surface area contributed by atoms with Crippen molar-refractivity contribution in [2.75, 3.05) is 26.2 Å². The third kappa shape index (κ3) is 6.63. The van der Waals surface area contributed by atoms with E-state index in [9.17, 15) is 17.6 Å². The molecule has 1 fully saturated rings. The minimum absolute atomic E-state index is 0. The highest BCUT2D eigenvalue weighted by Crippen LogP contribution is 2.31. The van der Waals surface area contributed by atoms with Crippen LogP contribution in [0.25, 0.3) is 0 Å². The highest BCUT2D eigenvalue weighted by Gasteiger charge is 2.32. The molecule has 0 bridgehead atoms. The first-order valence-electron chi connectivity index (χ1n) is 7.40. The molecule has 0 amide bonds. The van der Waals surface area contributed by atoms with E-state index in [2.05, 4.69) is 15.0 Å². The smallest absolute Gasteiger partial charge is 0.403 e. The lowest BCUT2D eigenvalue weighted by atomic mass is 9.99. The predicted octanol–water partition coefficient (Wildman–Crippen LogP) is 4.31. The van der Waals surface area contributed by atoms with Gasteiger partial charge in [0.2, 0.25) is 0 Å². The number of alkyl halides is 3. The van der Waals surface area contributed by atoms with Gasteiger partial charge in [-0.2, -0.15) is 0 Å². The number of rotatable bonds is 5. The maximum absolute atomic E-state index is 13.9. The van der Waals surface area contributed by atoms with Crippen LogP contribution in [-0.2, 0) is 0 Å². The van der Waals surface area contributed by atoms with E-state index in [1.165, 1.54) is 6.07 Å². The van der Waals surface area contributed by atoms with Gasteiger partial charge in [-0.05, 0) is 24.1 Å². The maximum atomic E-state index is 13.9. The summed E-state index contributed by atoms with van der Waals surface area (Å²) in [5.74, 6) is -1.77.